The van der Waals surface area contributed by atoms with Crippen LogP contribution in [0.3, 0.4) is 0 Å². The highest BCUT2D eigenvalue weighted by molar-refractivity contribution is 9.12. The van der Waals surface area contributed by atoms with Crippen LogP contribution in [0, 0.1) is 23.7 Å². The topological polar surface area (TPSA) is 119 Å². The molecule has 1 saturated heterocycles. The normalized spacial score (nSPS) is 29.7. The van der Waals surface area contributed by atoms with Crippen molar-refractivity contribution >= 4 is 67.2 Å². The van der Waals surface area contributed by atoms with Crippen molar-refractivity contribution < 1.29 is 33.4 Å². The second-order valence-corrected chi connectivity index (χ2v) is 10.5. The summed E-state index contributed by atoms with van der Waals surface area (Å²) in [6, 6.07) is 6.04. The van der Waals surface area contributed by atoms with Gasteiger partial charge in [-0.2, -0.15) is 0 Å². The first-order valence-corrected chi connectivity index (χ1v) is 12.3. The summed E-state index contributed by atoms with van der Waals surface area (Å²) in [4.78, 5) is 62.7. The molecule has 0 radical (unpaired) electrons. The number of halogens is 2. The van der Waals surface area contributed by atoms with Gasteiger partial charge in [0.2, 0.25) is 11.8 Å². The van der Waals surface area contributed by atoms with Gasteiger partial charge in [-0.15, -0.1) is 0 Å². The number of carbonyl (C=O) groups is 5. The summed E-state index contributed by atoms with van der Waals surface area (Å²) in [7, 11) is 1.27. The van der Waals surface area contributed by atoms with Gasteiger partial charge in [0.25, 0.3) is 5.91 Å². The molecule has 1 heterocycles. The van der Waals surface area contributed by atoms with Crippen molar-refractivity contribution in [3.63, 3.8) is 0 Å². The zero-order valence-electron chi connectivity index (χ0n) is 17.7. The molecule has 9 nitrogen and oxygen atoms in total. The molecule has 1 aromatic rings. The minimum Gasteiger partial charge on any atom is -0.465 e. The van der Waals surface area contributed by atoms with Gasteiger partial charge >= 0.3 is 11.9 Å². The maximum Gasteiger partial charge on any atom is 0.337 e. The largest absolute Gasteiger partial charge is 0.465 e. The maximum absolute atomic E-state index is 12.8. The fourth-order valence-electron chi connectivity index (χ4n) is 5.06. The molecule has 1 N–H and O–H groups in total. The number of hydrogen-bond acceptors (Lipinski definition) is 7. The van der Waals surface area contributed by atoms with Crippen LogP contribution in [0.2, 0.25) is 0 Å². The number of imide groups is 1. The summed E-state index contributed by atoms with van der Waals surface area (Å²) in [5.74, 6) is -2.59. The Morgan fingerprint density at radius 2 is 1.61 bits per heavy atom. The van der Waals surface area contributed by atoms with Gasteiger partial charge in [0.1, 0.15) is 0 Å². The van der Waals surface area contributed by atoms with E-state index in [9.17, 15) is 24.0 Å². The van der Waals surface area contributed by atoms with Crippen LogP contribution in [0.25, 0.3) is 0 Å². The molecule has 2 aliphatic carbocycles. The molecule has 176 valence electrons. The SMILES string of the molecule is COC(=O)c1ccc(NC(=O)COC(=O)CCN2C(=O)[C@@H]3[C@H]4C[C@@H]([C@H](Br)[C@H]4Br)[C@@H]3C2=O)cc1. The molecule has 0 spiro atoms. The first-order chi connectivity index (χ1) is 15.7. The van der Waals surface area contributed by atoms with Crippen LogP contribution in [-0.4, -0.2) is 64.5 Å². The average molecular weight is 586 g/mol. The number of ether oxygens (including phenoxy) is 2. The molecule has 3 amide bonds. The molecule has 0 aromatic heterocycles. The minimum absolute atomic E-state index is 0.0561. The Hall–Kier alpha value is -2.27. The van der Waals surface area contributed by atoms with Gasteiger partial charge in [-0.05, 0) is 42.5 Å². The van der Waals surface area contributed by atoms with E-state index in [-0.39, 0.29) is 58.1 Å². The predicted octanol–water partition coefficient (Wildman–Crippen LogP) is 2.12. The van der Waals surface area contributed by atoms with Crippen LogP contribution in [0.5, 0.6) is 0 Å². The Labute approximate surface area is 206 Å². The number of nitrogens with one attached hydrogen (secondary N) is 1. The lowest BCUT2D eigenvalue weighted by atomic mass is 9.81. The summed E-state index contributed by atoms with van der Waals surface area (Å²) >= 11 is 7.27. The summed E-state index contributed by atoms with van der Waals surface area (Å²) in [6.45, 7) is -0.565. The van der Waals surface area contributed by atoms with Crippen LogP contribution in [0.1, 0.15) is 23.2 Å². The van der Waals surface area contributed by atoms with E-state index in [4.69, 9.17) is 4.74 Å². The van der Waals surface area contributed by atoms with Crippen molar-refractivity contribution in [1.82, 2.24) is 4.90 Å². The van der Waals surface area contributed by atoms with E-state index >= 15 is 0 Å². The first kappa shape index (κ1) is 23.9. The number of nitrogens with zero attached hydrogens (tertiary/aromatic N) is 1. The lowest BCUT2D eigenvalue weighted by Gasteiger charge is -2.28. The lowest BCUT2D eigenvalue weighted by molar-refractivity contribution is -0.149. The second kappa shape index (κ2) is 9.54. The summed E-state index contributed by atoms with van der Waals surface area (Å²) < 4.78 is 9.58. The smallest absolute Gasteiger partial charge is 0.337 e. The zero-order valence-corrected chi connectivity index (χ0v) is 20.8. The highest BCUT2D eigenvalue weighted by Crippen LogP contribution is 2.60. The Balaban J connectivity index is 1.23. The number of benzene rings is 1. The van der Waals surface area contributed by atoms with Gasteiger partial charge in [0.15, 0.2) is 6.61 Å². The molecule has 3 aliphatic rings. The van der Waals surface area contributed by atoms with Gasteiger partial charge in [0.05, 0.1) is 30.9 Å². The van der Waals surface area contributed by atoms with E-state index < -0.39 is 24.5 Å². The average Bonchev–Trinajstić information content (AvgIpc) is 3.41. The molecule has 3 fully saturated rings. The van der Waals surface area contributed by atoms with Crippen molar-refractivity contribution in [2.45, 2.75) is 22.5 Å². The molecular formula is C22H22Br2N2O7. The van der Waals surface area contributed by atoms with Crippen molar-refractivity contribution in [1.29, 1.82) is 0 Å². The van der Waals surface area contributed by atoms with Gasteiger partial charge in [0, 0.05) is 21.9 Å². The van der Waals surface area contributed by atoms with Crippen LogP contribution in [-0.2, 0) is 28.7 Å². The first-order valence-electron chi connectivity index (χ1n) is 10.5. The number of rotatable bonds is 7. The van der Waals surface area contributed by atoms with Crippen molar-refractivity contribution in [2.24, 2.45) is 23.7 Å². The Bertz CT molecular complexity index is 967. The third-order valence-corrected chi connectivity index (χ3v) is 9.78. The van der Waals surface area contributed by atoms with E-state index in [1.54, 1.807) is 0 Å². The van der Waals surface area contributed by atoms with E-state index in [1.807, 2.05) is 0 Å². The van der Waals surface area contributed by atoms with E-state index in [2.05, 4.69) is 41.9 Å². The van der Waals surface area contributed by atoms with E-state index in [1.165, 1.54) is 36.3 Å². The third kappa shape index (κ3) is 4.44. The molecule has 2 saturated carbocycles. The zero-order chi connectivity index (χ0) is 23.9. The van der Waals surface area contributed by atoms with Crippen LogP contribution in [0.15, 0.2) is 24.3 Å². The number of anilines is 1. The number of amides is 3. The highest BCUT2D eigenvalue weighted by Gasteiger charge is 2.66. The van der Waals surface area contributed by atoms with Gasteiger partial charge in [-0.25, -0.2) is 4.79 Å². The number of fused-ring (bicyclic) bond motifs is 5. The maximum atomic E-state index is 12.8. The number of hydrogen-bond donors (Lipinski definition) is 1. The van der Waals surface area contributed by atoms with Gasteiger partial charge < -0.3 is 14.8 Å². The predicted molar refractivity (Wildman–Crippen MR) is 123 cm³/mol. The fraction of sp³-hybridized carbons (Fsp3) is 0.500. The molecule has 0 unspecified atom stereocenters. The number of carbonyl (C=O) groups excluding carboxylic acids is 5. The number of alkyl halides is 2. The monoisotopic (exact) mass is 584 g/mol. The molecule has 4 rings (SSSR count). The molecule has 6 atom stereocenters. The summed E-state index contributed by atoms with van der Waals surface area (Å²) in [5, 5.41) is 2.55. The molecule has 33 heavy (non-hydrogen) atoms. The van der Waals surface area contributed by atoms with Crippen molar-refractivity contribution in [3.05, 3.63) is 29.8 Å². The minimum atomic E-state index is -0.677. The quantitative estimate of drug-likeness (QED) is 0.296. The highest BCUT2D eigenvalue weighted by atomic mass is 79.9. The lowest BCUT2D eigenvalue weighted by Crippen LogP contribution is -2.37. The third-order valence-electron chi connectivity index (χ3n) is 6.57. The van der Waals surface area contributed by atoms with Gasteiger partial charge in [-0.1, -0.05) is 31.9 Å². The Morgan fingerprint density at radius 1 is 1.03 bits per heavy atom. The van der Waals surface area contributed by atoms with Crippen molar-refractivity contribution in [2.75, 3.05) is 25.6 Å². The molecule has 1 aliphatic heterocycles. The summed E-state index contributed by atoms with van der Waals surface area (Å²) in [6.07, 6.45) is 0.665. The molecular weight excluding hydrogens is 564 g/mol. The number of methoxy groups -OCH3 is 1. The molecule has 2 bridgehead atoms. The van der Waals surface area contributed by atoms with E-state index in [0.29, 0.717) is 11.3 Å². The fourth-order valence-corrected chi connectivity index (χ4v) is 6.93. The van der Waals surface area contributed by atoms with E-state index in [0.717, 1.165) is 6.42 Å². The van der Waals surface area contributed by atoms with Crippen LogP contribution < -0.4 is 5.32 Å². The number of esters is 2. The van der Waals surface area contributed by atoms with Crippen LogP contribution in [0.4, 0.5) is 5.69 Å². The van der Waals surface area contributed by atoms with Gasteiger partial charge in [-0.3, -0.25) is 24.1 Å². The second-order valence-electron chi connectivity index (χ2n) is 8.36. The van der Waals surface area contributed by atoms with Crippen molar-refractivity contribution in [3.8, 4) is 0 Å². The molecule has 1 aromatic carbocycles. The Morgan fingerprint density at radius 3 is 2.15 bits per heavy atom. The van der Waals surface area contributed by atoms with Crippen LogP contribution >= 0.6 is 31.9 Å². The summed E-state index contributed by atoms with van der Waals surface area (Å²) in [5.41, 5.74) is 0.761. The number of likely N-dealkylation sites (tertiary alicyclic amines) is 1. The standard InChI is InChI=1S/C22H22Br2N2O7/c1-32-22(31)10-2-4-11(5-3-10)25-14(27)9-33-15(28)6-7-26-20(29)16-12-8-13(17(16)21(26)30)19(24)18(12)23/h2-5,12-13,16-19H,6-9H2,1H3,(H,25,27)/t12-,13-,16-,17+,18+,19+/m1/s1. The Kier molecular flexibility index (Phi) is 6.90. The molecule has 11 heteroatoms.